The van der Waals surface area contributed by atoms with Gasteiger partial charge in [0.05, 0.1) is 0 Å². The predicted molar refractivity (Wildman–Crippen MR) is 102 cm³/mol. The number of benzene rings is 2. The molecule has 0 atom stereocenters. The molecular formula is C20H23ClN2O2. The largest absolute Gasteiger partial charge is 0.354 e. The molecule has 2 aromatic carbocycles. The first kappa shape index (κ1) is 19.0. The van der Waals surface area contributed by atoms with Gasteiger partial charge in [0.15, 0.2) is 0 Å². The normalized spacial score (nSPS) is 10.4. The fourth-order valence-electron chi connectivity index (χ4n) is 2.52. The van der Waals surface area contributed by atoms with Crippen molar-refractivity contribution < 1.29 is 9.59 Å². The summed E-state index contributed by atoms with van der Waals surface area (Å²) in [6.45, 7) is 4.23. The smallest absolute Gasteiger partial charge is 0.223 e. The van der Waals surface area contributed by atoms with Crippen LogP contribution in [-0.4, -0.2) is 24.9 Å². The highest BCUT2D eigenvalue weighted by atomic mass is 35.5. The molecule has 0 aliphatic carbocycles. The summed E-state index contributed by atoms with van der Waals surface area (Å²) < 4.78 is 0. The van der Waals surface area contributed by atoms with Gasteiger partial charge in [-0.25, -0.2) is 0 Å². The van der Waals surface area contributed by atoms with Crippen LogP contribution in [-0.2, 0) is 16.0 Å². The molecule has 25 heavy (non-hydrogen) atoms. The summed E-state index contributed by atoms with van der Waals surface area (Å²) in [6.07, 6.45) is 1.14. The number of carbonyl (C=O) groups is 2. The summed E-state index contributed by atoms with van der Waals surface area (Å²) >= 11 is 6.14. The standard InChI is InChI=1S/C20H23ClN2O2/c1-15-8-10-18(14-19(15)21)23(16(2)24)13-12-22-20(25)11-9-17-6-4-3-5-7-17/h3-8,10,14H,9,11-13H2,1-2H3,(H,22,25). The van der Waals surface area contributed by atoms with Crippen LogP contribution in [0.15, 0.2) is 48.5 Å². The van der Waals surface area contributed by atoms with Crippen molar-refractivity contribution in [3.05, 3.63) is 64.7 Å². The third kappa shape index (κ3) is 5.91. The van der Waals surface area contributed by atoms with Gasteiger partial charge < -0.3 is 10.2 Å². The first-order valence-corrected chi connectivity index (χ1v) is 8.70. The van der Waals surface area contributed by atoms with E-state index in [-0.39, 0.29) is 11.8 Å². The van der Waals surface area contributed by atoms with Crippen molar-refractivity contribution in [2.75, 3.05) is 18.0 Å². The van der Waals surface area contributed by atoms with Crippen molar-refractivity contribution in [2.45, 2.75) is 26.7 Å². The first-order chi connectivity index (χ1) is 12.0. The van der Waals surface area contributed by atoms with Crippen LogP contribution in [0.5, 0.6) is 0 Å². The zero-order chi connectivity index (χ0) is 18.2. The van der Waals surface area contributed by atoms with E-state index in [1.165, 1.54) is 6.92 Å². The Balaban J connectivity index is 1.83. The van der Waals surface area contributed by atoms with Crippen LogP contribution in [0, 0.1) is 6.92 Å². The van der Waals surface area contributed by atoms with E-state index < -0.39 is 0 Å². The number of halogens is 1. The molecule has 0 spiro atoms. The van der Waals surface area contributed by atoms with Crippen LogP contribution in [0.4, 0.5) is 5.69 Å². The molecule has 5 heteroatoms. The van der Waals surface area contributed by atoms with Gasteiger partial charge in [-0.3, -0.25) is 9.59 Å². The average molecular weight is 359 g/mol. The van der Waals surface area contributed by atoms with Gasteiger partial charge in [-0.05, 0) is 36.6 Å². The molecule has 0 bridgehead atoms. The topological polar surface area (TPSA) is 49.4 Å². The second-order valence-electron chi connectivity index (χ2n) is 5.94. The fourth-order valence-corrected chi connectivity index (χ4v) is 2.69. The maximum Gasteiger partial charge on any atom is 0.223 e. The Labute approximate surface area is 153 Å². The molecule has 0 heterocycles. The van der Waals surface area contributed by atoms with Crippen molar-refractivity contribution in [1.29, 1.82) is 0 Å². The minimum atomic E-state index is -0.0848. The molecule has 132 valence electrons. The summed E-state index contributed by atoms with van der Waals surface area (Å²) in [4.78, 5) is 25.5. The third-order valence-corrected chi connectivity index (χ3v) is 4.40. The molecule has 0 aliphatic rings. The number of carbonyl (C=O) groups excluding carboxylic acids is 2. The maximum absolute atomic E-state index is 12.0. The van der Waals surface area contributed by atoms with Gasteiger partial charge in [-0.1, -0.05) is 48.0 Å². The molecule has 0 fully saturated rings. The van der Waals surface area contributed by atoms with Crippen LogP contribution >= 0.6 is 11.6 Å². The van der Waals surface area contributed by atoms with E-state index in [0.29, 0.717) is 31.0 Å². The Morgan fingerprint density at radius 3 is 2.48 bits per heavy atom. The van der Waals surface area contributed by atoms with Gasteiger partial charge in [0.2, 0.25) is 11.8 Å². The molecule has 2 amide bonds. The molecule has 1 N–H and O–H groups in total. The van der Waals surface area contributed by atoms with Crippen LogP contribution in [0.1, 0.15) is 24.5 Å². The molecule has 2 rings (SSSR count). The number of amides is 2. The van der Waals surface area contributed by atoms with Gasteiger partial charge in [0.1, 0.15) is 0 Å². The Bertz CT molecular complexity index is 732. The summed E-state index contributed by atoms with van der Waals surface area (Å²) in [7, 11) is 0. The van der Waals surface area contributed by atoms with Gasteiger partial charge in [0, 0.05) is 37.1 Å². The lowest BCUT2D eigenvalue weighted by Crippen LogP contribution is -2.37. The van der Waals surface area contributed by atoms with Crippen LogP contribution in [0.2, 0.25) is 5.02 Å². The quantitative estimate of drug-likeness (QED) is 0.819. The Morgan fingerprint density at radius 1 is 1.12 bits per heavy atom. The second kappa shape index (κ2) is 9.23. The van der Waals surface area contributed by atoms with Crippen molar-refractivity contribution >= 4 is 29.1 Å². The number of nitrogens with zero attached hydrogens (tertiary/aromatic N) is 1. The van der Waals surface area contributed by atoms with E-state index in [0.717, 1.165) is 16.8 Å². The number of nitrogens with one attached hydrogen (secondary N) is 1. The van der Waals surface area contributed by atoms with E-state index in [4.69, 9.17) is 11.6 Å². The lowest BCUT2D eigenvalue weighted by molar-refractivity contribution is -0.121. The molecule has 0 radical (unpaired) electrons. The van der Waals surface area contributed by atoms with Crippen LogP contribution < -0.4 is 10.2 Å². The molecule has 0 unspecified atom stereocenters. The molecule has 0 aromatic heterocycles. The highest BCUT2D eigenvalue weighted by Crippen LogP contribution is 2.23. The highest BCUT2D eigenvalue weighted by molar-refractivity contribution is 6.31. The first-order valence-electron chi connectivity index (χ1n) is 8.32. The summed E-state index contributed by atoms with van der Waals surface area (Å²) in [5, 5.41) is 3.49. The molecule has 2 aromatic rings. The zero-order valence-corrected chi connectivity index (χ0v) is 15.3. The van der Waals surface area contributed by atoms with Crippen molar-refractivity contribution in [2.24, 2.45) is 0 Å². The summed E-state index contributed by atoms with van der Waals surface area (Å²) in [5.41, 5.74) is 2.84. The minimum Gasteiger partial charge on any atom is -0.354 e. The average Bonchev–Trinajstić information content (AvgIpc) is 2.60. The number of anilines is 1. The van der Waals surface area contributed by atoms with Gasteiger partial charge in [-0.15, -0.1) is 0 Å². The Morgan fingerprint density at radius 2 is 1.84 bits per heavy atom. The number of hydrogen-bond donors (Lipinski definition) is 1. The van der Waals surface area contributed by atoms with Crippen LogP contribution in [0.25, 0.3) is 0 Å². The second-order valence-corrected chi connectivity index (χ2v) is 6.35. The Kier molecular flexibility index (Phi) is 7.02. The van der Waals surface area contributed by atoms with E-state index in [1.54, 1.807) is 11.0 Å². The van der Waals surface area contributed by atoms with Crippen molar-refractivity contribution in [3.63, 3.8) is 0 Å². The molecular weight excluding hydrogens is 336 g/mol. The van der Waals surface area contributed by atoms with Crippen molar-refractivity contribution in [3.8, 4) is 0 Å². The fraction of sp³-hybridized carbons (Fsp3) is 0.300. The van der Waals surface area contributed by atoms with Gasteiger partial charge >= 0.3 is 0 Å². The number of rotatable bonds is 7. The Hall–Kier alpha value is -2.33. The highest BCUT2D eigenvalue weighted by Gasteiger charge is 2.13. The SMILES string of the molecule is CC(=O)N(CCNC(=O)CCc1ccccc1)c1ccc(C)c(Cl)c1. The lowest BCUT2D eigenvalue weighted by atomic mass is 10.1. The maximum atomic E-state index is 12.0. The monoisotopic (exact) mass is 358 g/mol. The number of aryl methyl sites for hydroxylation is 2. The van der Waals surface area contributed by atoms with Gasteiger partial charge in [0.25, 0.3) is 0 Å². The summed E-state index contributed by atoms with van der Waals surface area (Å²) in [6, 6.07) is 15.4. The van der Waals surface area contributed by atoms with E-state index in [9.17, 15) is 9.59 Å². The lowest BCUT2D eigenvalue weighted by Gasteiger charge is -2.22. The zero-order valence-electron chi connectivity index (χ0n) is 14.6. The molecule has 0 saturated heterocycles. The van der Waals surface area contributed by atoms with Gasteiger partial charge in [-0.2, -0.15) is 0 Å². The molecule has 0 aliphatic heterocycles. The van der Waals surface area contributed by atoms with E-state index in [2.05, 4.69) is 5.32 Å². The van der Waals surface area contributed by atoms with E-state index in [1.807, 2.05) is 49.4 Å². The third-order valence-electron chi connectivity index (χ3n) is 3.99. The molecule has 0 saturated carbocycles. The van der Waals surface area contributed by atoms with E-state index >= 15 is 0 Å². The minimum absolute atomic E-state index is 0.0192. The number of hydrogen-bond acceptors (Lipinski definition) is 2. The van der Waals surface area contributed by atoms with Crippen LogP contribution in [0.3, 0.4) is 0 Å². The predicted octanol–water partition coefficient (Wildman–Crippen LogP) is 3.75. The van der Waals surface area contributed by atoms with Crippen molar-refractivity contribution in [1.82, 2.24) is 5.32 Å². The molecule has 4 nitrogen and oxygen atoms in total. The summed E-state index contributed by atoms with van der Waals surface area (Å²) in [5.74, 6) is -0.104.